The van der Waals surface area contributed by atoms with Crippen molar-refractivity contribution < 1.29 is 0 Å². The minimum Gasteiger partial charge on any atom is -0.382 e. The fraction of sp³-hybridized carbons (Fsp3) is 0.625. The van der Waals surface area contributed by atoms with Crippen LogP contribution in [0.3, 0.4) is 0 Å². The number of rotatable bonds is 2. The molecule has 1 saturated carbocycles. The van der Waals surface area contributed by atoms with Crippen molar-refractivity contribution in [3.05, 3.63) is 11.8 Å². The van der Waals surface area contributed by atoms with E-state index in [1.165, 1.54) is 12.8 Å². The summed E-state index contributed by atoms with van der Waals surface area (Å²) in [7, 11) is 0. The highest BCUT2D eigenvalue weighted by atomic mass is 15.3. The summed E-state index contributed by atoms with van der Waals surface area (Å²) in [5, 5.41) is 4.18. The monoisotopic (exact) mass is 151 g/mol. The standard InChI is InChI=1S/C8H13N3/c1-6-4-11(10-8(6)9)5-7-2-3-7/h4,7H,2-3,5H2,1H3,(H2,9,10). The Bertz CT molecular complexity index is 241. The van der Waals surface area contributed by atoms with Crippen LogP contribution in [0.1, 0.15) is 18.4 Å². The van der Waals surface area contributed by atoms with Crippen molar-refractivity contribution in [2.45, 2.75) is 26.3 Å². The van der Waals surface area contributed by atoms with Gasteiger partial charge in [0.25, 0.3) is 0 Å². The summed E-state index contributed by atoms with van der Waals surface area (Å²) in [5.41, 5.74) is 6.69. The molecule has 1 aromatic rings. The molecule has 0 spiro atoms. The SMILES string of the molecule is Cc1cn(CC2CC2)nc1N. The third-order valence-corrected chi connectivity index (χ3v) is 2.13. The first-order chi connectivity index (χ1) is 5.25. The van der Waals surface area contributed by atoms with E-state index in [-0.39, 0.29) is 0 Å². The van der Waals surface area contributed by atoms with Gasteiger partial charge in [-0.25, -0.2) is 0 Å². The molecule has 3 nitrogen and oxygen atoms in total. The van der Waals surface area contributed by atoms with Crippen LogP contribution in [0.2, 0.25) is 0 Å². The molecule has 0 radical (unpaired) electrons. The van der Waals surface area contributed by atoms with Gasteiger partial charge in [-0.05, 0) is 25.7 Å². The van der Waals surface area contributed by atoms with Crippen molar-refractivity contribution in [3.8, 4) is 0 Å². The number of nitrogen functional groups attached to an aromatic ring is 1. The van der Waals surface area contributed by atoms with Crippen LogP contribution >= 0.6 is 0 Å². The lowest BCUT2D eigenvalue weighted by atomic mass is 10.4. The number of hydrogen-bond donors (Lipinski definition) is 1. The number of nitrogens with two attached hydrogens (primary N) is 1. The molecule has 3 heteroatoms. The van der Waals surface area contributed by atoms with Gasteiger partial charge in [0.15, 0.2) is 0 Å². The van der Waals surface area contributed by atoms with Gasteiger partial charge < -0.3 is 5.73 Å². The van der Waals surface area contributed by atoms with E-state index in [1.807, 2.05) is 17.8 Å². The molecule has 1 heterocycles. The summed E-state index contributed by atoms with van der Waals surface area (Å²) < 4.78 is 1.96. The number of hydrogen-bond acceptors (Lipinski definition) is 2. The fourth-order valence-corrected chi connectivity index (χ4v) is 1.19. The summed E-state index contributed by atoms with van der Waals surface area (Å²) in [6.07, 6.45) is 4.74. The average molecular weight is 151 g/mol. The van der Waals surface area contributed by atoms with Crippen molar-refractivity contribution >= 4 is 5.82 Å². The topological polar surface area (TPSA) is 43.8 Å². The maximum Gasteiger partial charge on any atom is 0.148 e. The Morgan fingerprint density at radius 3 is 2.91 bits per heavy atom. The Morgan fingerprint density at radius 1 is 1.73 bits per heavy atom. The Hall–Kier alpha value is -0.990. The van der Waals surface area contributed by atoms with E-state index in [1.54, 1.807) is 0 Å². The molecule has 0 atom stereocenters. The Kier molecular flexibility index (Phi) is 1.37. The van der Waals surface area contributed by atoms with Crippen molar-refractivity contribution in [3.63, 3.8) is 0 Å². The summed E-state index contributed by atoms with van der Waals surface area (Å²) >= 11 is 0. The average Bonchev–Trinajstić information content (AvgIpc) is 2.65. The molecule has 0 unspecified atom stereocenters. The van der Waals surface area contributed by atoms with Crippen LogP contribution in [0.5, 0.6) is 0 Å². The number of anilines is 1. The van der Waals surface area contributed by atoms with Crippen molar-refractivity contribution in [1.29, 1.82) is 0 Å². The predicted molar refractivity (Wildman–Crippen MR) is 44.1 cm³/mol. The second-order valence-electron chi connectivity index (χ2n) is 3.36. The van der Waals surface area contributed by atoms with Gasteiger partial charge in [0.1, 0.15) is 5.82 Å². The zero-order valence-corrected chi connectivity index (χ0v) is 6.75. The third kappa shape index (κ3) is 1.37. The van der Waals surface area contributed by atoms with E-state index in [4.69, 9.17) is 5.73 Å². The second kappa shape index (κ2) is 2.26. The zero-order chi connectivity index (χ0) is 7.84. The van der Waals surface area contributed by atoms with Gasteiger partial charge in [-0.2, -0.15) is 5.10 Å². The maximum absolute atomic E-state index is 5.60. The molecule has 0 aromatic carbocycles. The van der Waals surface area contributed by atoms with Crippen LogP contribution in [0.4, 0.5) is 5.82 Å². The Morgan fingerprint density at radius 2 is 2.45 bits per heavy atom. The summed E-state index contributed by atoms with van der Waals surface area (Å²) in [5.74, 6) is 1.54. The first-order valence-corrected chi connectivity index (χ1v) is 4.05. The van der Waals surface area contributed by atoms with Crippen LogP contribution in [0.25, 0.3) is 0 Å². The molecule has 0 aliphatic heterocycles. The first-order valence-electron chi connectivity index (χ1n) is 4.05. The van der Waals surface area contributed by atoms with E-state index < -0.39 is 0 Å². The Labute approximate surface area is 66.2 Å². The highest BCUT2D eigenvalue weighted by molar-refractivity contribution is 5.35. The number of aromatic nitrogens is 2. The molecule has 0 amide bonds. The summed E-state index contributed by atoms with van der Waals surface area (Å²) in [4.78, 5) is 0. The van der Waals surface area contributed by atoms with Gasteiger partial charge in [0.05, 0.1) is 0 Å². The first kappa shape index (κ1) is 6.70. The van der Waals surface area contributed by atoms with Crippen LogP contribution < -0.4 is 5.73 Å². The lowest BCUT2D eigenvalue weighted by molar-refractivity contribution is 0.565. The van der Waals surface area contributed by atoms with Crippen LogP contribution in [0.15, 0.2) is 6.20 Å². The van der Waals surface area contributed by atoms with Crippen molar-refractivity contribution in [1.82, 2.24) is 9.78 Å². The van der Waals surface area contributed by atoms with Gasteiger partial charge in [-0.3, -0.25) is 4.68 Å². The molecule has 60 valence electrons. The molecule has 1 aromatic heterocycles. The van der Waals surface area contributed by atoms with E-state index in [0.29, 0.717) is 5.82 Å². The predicted octanol–water partition coefficient (Wildman–Crippen LogP) is 1.18. The van der Waals surface area contributed by atoms with Crippen LogP contribution in [-0.4, -0.2) is 9.78 Å². The van der Waals surface area contributed by atoms with E-state index in [9.17, 15) is 0 Å². The van der Waals surface area contributed by atoms with Gasteiger partial charge in [0.2, 0.25) is 0 Å². The summed E-state index contributed by atoms with van der Waals surface area (Å²) in [6, 6.07) is 0. The molecular weight excluding hydrogens is 138 g/mol. The van der Waals surface area contributed by atoms with Gasteiger partial charge in [-0.15, -0.1) is 0 Å². The minimum atomic E-state index is 0.672. The summed E-state index contributed by atoms with van der Waals surface area (Å²) in [6.45, 7) is 3.05. The molecule has 2 N–H and O–H groups in total. The molecule has 2 rings (SSSR count). The lowest BCUT2D eigenvalue weighted by Crippen LogP contribution is -2.00. The van der Waals surface area contributed by atoms with Crippen LogP contribution in [-0.2, 0) is 6.54 Å². The van der Waals surface area contributed by atoms with Gasteiger partial charge in [-0.1, -0.05) is 0 Å². The zero-order valence-electron chi connectivity index (χ0n) is 6.75. The second-order valence-corrected chi connectivity index (χ2v) is 3.36. The maximum atomic E-state index is 5.60. The fourth-order valence-electron chi connectivity index (χ4n) is 1.19. The lowest BCUT2D eigenvalue weighted by Gasteiger charge is -1.95. The number of nitrogens with zero attached hydrogens (tertiary/aromatic N) is 2. The highest BCUT2D eigenvalue weighted by Gasteiger charge is 2.22. The minimum absolute atomic E-state index is 0.672. The Balaban J connectivity index is 2.11. The molecule has 0 bridgehead atoms. The largest absolute Gasteiger partial charge is 0.382 e. The van der Waals surface area contributed by atoms with E-state index >= 15 is 0 Å². The van der Waals surface area contributed by atoms with E-state index in [0.717, 1.165) is 18.0 Å². The highest BCUT2D eigenvalue weighted by Crippen LogP contribution is 2.30. The molecular formula is C8H13N3. The van der Waals surface area contributed by atoms with E-state index in [2.05, 4.69) is 5.10 Å². The normalized spacial score (nSPS) is 17.2. The molecule has 1 aliphatic carbocycles. The molecule has 1 fully saturated rings. The van der Waals surface area contributed by atoms with Crippen molar-refractivity contribution in [2.24, 2.45) is 5.92 Å². The molecule has 0 saturated heterocycles. The van der Waals surface area contributed by atoms with Gasteiger partial charge in [0, 0.05) is 18.3 Å². The number of aryl methyl sites for hydroxylation is 1. The van der Waals surface area contributed by atoms with Gasteiger partial charge >= 0.3 is 0 Å². The smallest absolute Gasteiger partial charge is 0.148 e. The molecule has 11 heavy (non-hydrogen) atoms. The van der Waals surface area contributed by atoms with Crippen LogP contribution in [0, 0.1) is 12.8 Å². The van der Waals surface area contributed by atoms with Crippen molar-refractivity contribution in [2.75, 3.05) is 5.73 Å². The molecule has 1 aliphatic rings. The third-order valence-electron chi connectivity index (χ3n) is 2.13. The quantitative estimate of drug-likeness (QED) is 0.689.